The molecule has 1 saturated carbocycles. The van der Waals surface area contributed by atoms with Crippen LogP contribution in [0.3, 0.4) is 0 Å². The van der Waals surface area contributed by atoms with Crippen molar-refractivity contribution in [3.8, 4) is 11.5 Å². The van der Waals surface area contributed by atoms with Crippen molar-refractivity contribution in [1.82, 2.24) is 10.2 Å². The molecule has 9 nitrogen and oxygen atoms in total. The first-order valence-corrected chi connectivity index (χ1v) is 14.6. The van der Waals surface area contributed by atoms with Gasteiger partial charge in [-0.05, 0) is 93.1 Å². The lowest BCUT2D eigenvalue weighted by Crippen LogP contribution is -2.54. The van der Waals surface area contributed by atoms with Crippen molar-refractivity contribution in [3.05, 3.63) is 89.5 Å². The van der Waals surface area contributed by atoms with Crippen molar-refractivity contribution in [2.24, 2.45) is 0 Å². The maximum absolute atomic E-state index is 14.5. The number of nitrogens with zero attached hydrogens (tertiary/aromatic N) is 1. The average Bonchev–Trinajstić information content (AvgIpc) is 3.81. The Hall–Kier alpha value is -4.53. The summed E-state index contributed by atoms with van der Waals surface area (Å²) in [4.78, 5) is 43.1. The second-order valence-corrected chi connectivity index (χ2v) is 11.8. The van der Waals surface area contributed by atoms with Crippen molar-refractivity contribution < 1.29 is 29.0 Å². The Labute approximate surface area is 253 Å². The van der Waals surface area contributed by atoms with Gasteiger partial charge >= 0.3 is 6.09 Å². The molecule has 228 valence electrons. The number of nitrogens with one attached hydrogen (secondary N) is 2. The molecule has 3 amide bonds. The minimum absolute atomic E-state index is 0.0946. The molecule has 1 fully saturated rings. The van der Waals surface area contributed by atoms with E-state index in [1.54, 1.807) is 69.2 Å². The summed E-state index contributed by atoms with van der Waals surface area (Å²) < 4.78 is 10.7. The van der Waals surface area contributed by atoms with E-state index in [0.717, 1.165) is 30.4 Å². The van der Waals surface area contributed by atoms with Crippen LogP contribution in [-0.2, 0) is 27.2 Å². The number of hydrogen-bond donors (Lipinski definition) is 3. The molecule has 0 bridgehead atoms. The van der Waals surface area contributed by atoms with E-state index in [1.165, 1.54) is 12.1 Å². The van der Waals surface area contributed by atoms with E-state index >= 15 is 0 Å². The van der Waals surface area contributed by atoms with E-state index < -0.39 is 29.7 Å². The number of aromatic hydroxyl groups is 1. The highest BCUT2D eigenvalue weighted by molar-refractivity contribution is 5.99. The maximum atomic E-state index is 14.5. The third kappa shape index (κ3) is 8.73. The normalized spacial score (nSPS) is 14.3. The van der Waals surface area contributed by atoms with E-state index in [2.05, 4.69) is 17.6 Å². The Morgan fingerprint density at radius 2 is 1.53 bits per heavy atom. The summed E-state index contributed by atoms with van der Waals surface area (Å²) in [6, 6.07) is 19.0. The molecule has 0 saturated heterocycles. The van der Waals surface area contributed by atoms with Crippen LogP contribution in [0, 0.1) is 0 Å². The number of amides is 3. The van der Waals surface area contributed by atoms with E-state index in [-0.39, 0.29) is 24.1 Å². The van der Waals surface area contributed by atoms with E-state index in [1.807, 2.05) is 24.3 Å². The van der Waals surface area contributed by atoms with Gasteiger partial charge in [0.05, 0.1) is 7.11 Å². The predicted octanol–water partition coefficient (Wildman–Crippen LogP) is 5.77. The molecule has 2 unspecified atom stereocenters. The second kappa shape index (κ2) is 13.6. The van der Waals surface area contributed by atoms with Crippen molar-refractivity contribution in [2.45, 2.75) is 77.1 Å². The topological polar surface area (TPSA) is 117 Å². The smallest absolute Gasteiger partial charge is 0.408 e. The van der Waals surface area contributed by atoms with Crippen LogP contribution in [0.4, 0.5) is 10.5 Å². The lowest BCUT2D eigenvalue weighted by molar-refractivity contribution is -0.141. The number of benzene rings is 3. The molecule has 3 aromatic rings. The van der Waals surface area contributed by atoms with E-state index in [0.29, 0.717) is 17.0 Å². The van der Waals surface area contributed by atoms with Crippen molar-refractivity contribution in [2.75, 3.05) is 12.4 Å². The minimum atomic E-state index is -1.02. The molecule has 1 aliphatic rings. The molecule has 1 aliphatic carbocycles. The molecule has 0 aromatic heterocycles. The molecule has 2 atom stereocenters. The molecule has 43 heavy (non-hydrogen) atoms. The van der Waals surface area contributed by atoms with Gasteiger partial charge in [0.1, 0.15) is 29.2 Å². The van der Waals surface area contributed by atoms with E-state index in [4.69, 9.17) is 9.47 Å². The highest BCUT2D eigenvalue weighted by Gasteiger charge is 2.44. The first-order chi connectivity index (χ1) is 20.5. The molecule has 3 N–H and O–H groups in total. The number of methoxy groups -OCH3 is 1. The molecule has 0 heterocycles. The molecule has 3 aromatic carbocycles. The van der Waals surface area contributed by atoms with Gasteiger partial charge in [0, 0.05) is 18.2 Å². The van der Waals surface area contributed by atoms with Crippen LogP contribution in [0.15, 0.2) is 72.8 Å². The number of anilines is 1. The highest BCUT2D eigenvalue weighted by atomic mass is 16.6. The third-order valence-electron chi connectivity index (χ3n) is 7.15. The summed E-state index contributed by atoms with van der Waals surface area (Å²) in [5.74, 6) is -0.00638. The zero-order valence-electron chi connectivity index (χ0n) is 25.4. The van der Waals surface area contributed by atoms with Gasteiger partial charge in [-0.2, -0.15) is 0 Å². The summed E-state index contributed by atoms with van der Waals surface area (Å²) in [6.07, 6.45) is 1.73. The molecule has 0 radical (unpaired) electrons. The van der Waals surface area contributed by atoms with Gasteiger partial charge < -0.3 is 30.1 Å². The van der Waals surface area contributed by atoms with Crippen LogP contribution in [0.25, 0.3) is 0 Å². The molecule has 4 rings (SSSR count). The minimum Gasteiger partial charge on any atom is -0.508 e. The fourth-order valence-corrected chi connectivity index (χ4v) is 4.83. The van der Waals surface area contributed by atoms with Gasteiger partial charge in [-0.1, -0.05) is 43.3 Å². The second-order valence-electron chi connectivity index (χ2n) is 11.8. The number of hydrogen-bond acceptors (Lipinski definition) is 6. The molecular weight excluding hydrogens is 546 g/mol. The fourth-order valence-electron chi connectivity index (χ4n) is 4.83. The number of aryl methyl sites for hydroxylation is 1. The fraction of sp³-hybridized carbons (Fsp3) is 0.382. The van der Waals surface area contributed by atoms with Gasteiger partial charge in [-0.15, -0.1) is 0 Å². The monoisotopic (exact) mass is 587 g/mol. The number of carbonyl (C=O) groups excluding carboxylic acids is 3. The first kappa shape index (κ1) is 31.4. The Bertz CT molecular complexity index is 1390. The maximum Gasteiger partial charge on any atom is 0.408 e. The zero-order chi connectivity index (χ0) is 31.1. The van der Waals surface area contributed by atoms with Crippen LogP contribution in [0.5, 0.6) is 11.5 Å². The lowest BCUT2D eigenvalue weighted by atomic mass is 9.98. The summed E-state index contributed by atoms with van der Waals surface area (Å²) in [7, 11) is 1.57. The zero-order valence-corrected chi connectivity index (χ0v) is 25.4. The summed E-state index contributed by atoms with van der Waals surface area (Å²) in [5, 5.41) is 15.5. The van der Waals surface area contributed by atoms with Gasteiger partial charge in [0.2, 0.25) is 5.91 Å². The molecular formula is C34H41N3O6. The van der Waals surface area contributed by atoms with Gasteiger partial charge in [-0.25, -0.2) is 4.79 Å². The van der Waals surface area contributed by atoms with Gasteiger partial charge in [0.15, 0.2) is 0 Å². The average molecular weight is 588 g/mol. The molecule has 0 aliphatic heterocycles. The van der Waals surface area contributed by atoms with Crippen molar-refractivity contribution in [1.29, 1.82) is 0 Å². The van der Waals surface area contributed by atoms with Crippen molar-refractivity contribution in [3.63, 3.8) is 0 Å². The van der Waals surface area contributed by atoms with E-state index in [9.17, 15) is 19.5 Å². The quantitative estimate of drug-likeness (QED) is 0.262. The molecule has 9 heteroatoms. The van der Waals surface area contributed by atoms with Gasteiger partial charge in [0.25, 0.3) is 5.91 Å². The number of carbonyl (C=O) groups is 3. The lowest BCUT2D eigenvalue weighted by Gasteiger charge is -2.35. The number of ether oxygens (including phenoxy) is 2. The predicted molar refractivity (Wildman–Crippen MR) is 165 cm³/mol. The highest BCUT2D eigenvalue weighted by Crippen LogP contribution is 2.36. The Morgan fingerprint density at radius 1 is 0.930 bits per heavy atom. The van der Waals surface area contributed by atoms with Gasteiger partial charge in [-0.3, -0.25) is 9.59 Å². The van der Waals surface area contributed by atoms with Crippen LogP contribution in [0.1, 0.15) is 63.3 Å². The first-order valence-electron chi connectivity index (χ1n) is 14.6. The summed E-state index contributed by atoms with van der Waals surface area (Å²) >= 11 is 0. The Balaban J connectivity index is 1.71. The SMILES string of the molecule is CCc1ccc(C(C(=O)Nc2ccc(OC)cc2)N(C(=O)C(Cc2ccc(O)cc2)NC(=O)OC(C)(C)C)C2CC2)cc1. The number of alkyl carbamates (subject to hydrolysis) is 1. The van der Waals surface area contributed by atoms with Crippen LogP contribution >= 0.6 is 0 Å². The Kier molecular flexibility index (Phi) is 9.95. The number of rotatable bonds is 11. The Morgan fingerprint density at radius 3 is 2.07 bits per heavy atom. The van der Waals surface area contributed by atoms with Crippen LogP contribution < -0.4 is 15.4 Å². The summed E-state index contributed by atoms with van der Waals surface area (Å²) in [6.45, 7) is 7.30. The molecule has 0 spiro atoms. The van der Waals surface area contributed by atoms with Crippen LogP contribution in [-0.4, -0.2) is 52.7 Å². The largest absolute Gasteiger partial charge is 0.508 e. The number of phenolic OH excluding ortho intramolecular Hbond substituents is 1. The van der Waals surface area contributed by atoms with Crippen LogP contribution in [0.2, 0.25) is 0 Å². The standard InChI is InChI=1S/C34H41N3O6/c1-6-22-7-11-24(12-8-22)30(31(39)35-25-13-19-28(42-5)20-14-25)37(26-15-16-26)32(40)29(36-33(41)43-34(2,3)4)21-23-9-17-27(38)18-10-23/h7-14,17-20,26,29-30,38H,6,15-16,21H2,1-5H3,(H,35,39)(H,36,41). The third-order valence-corrected chi connectivity index (χ3v) is 7.15. The van der Waals surface area contributed by atoms with Crippen molar-refractivity contribution >= 4 is 23.6 Å². The number of phenols is 1. The summed E-state index contributed by atoms with van der Waals surface area (Å²) in [5.41, 5.74) is 2.31.